The van der Waals surface area contributed by atoms with Crippen LogP contribution in [0.4, 0.5) is 10.5 Å². The van der Waals surface area contributed by atoms with Gasteiger partial charge in [0.15, 0.2) is 6.29 Å². The highest BCUT2D eigenvalue weighted by molar-refractivity contribution is 7.12. The number of nitrogens with zero attached hydrogens (tertiary/aromatic N) is 1. The lowest BCUT2D eigenvalue weighted by molar-refractivity contribution is 0.0589. The van der Waals surface area contributed by atoms with Crippen LogP contribution in [-0.2, 0) is 4.74 Å². The SMILES string of the molecule is CN(C(=O)OC(C)(C)C)c1ccsc1C=O. The third-order valence-electron chi connectivity index (χ3n) is 1.81. The van der Waals surface area contributed by atoms with E-state index in [2.05, 4.69) is 0 Å². The van der Waals surface area contributed by atoms with E-state index in [4.69, 9.17) is 4.74 Å². The Labute approximate surface area is 98.8 Å². The first kappa shape index (κ1) is 12.7. The fourth-order valence-corrected chi connectivity index (χ4v) is 1.83. The largest absolute Gasteiger partial charge is 0.443 e. The first-order valence-corrected chi connectivity index (χ1v) is 5.72. The number of carbonyl (C=O) groups excluding carboxylic acids is 2. The fourth-order valence-electron chi connectivity index (χ4n) is 1.11. The van der Waals surface area contributed by atoms with Gasteiger partial charge in [-0.1, -0.05) is 0 Å². The molecule has 0 N–H and O–H groups in total. The predicted octanol–water partition coefficient (Wildman–Crippen LogP) is 2.93. The molecule has 0 saturated carbocycles. The molecule has 0 bridgehead atoms. The number of ether oxygens (including phenoxy) is 1. The Morgan fingerprint density at radius 3 is 2.62 bits per heavy atom. The second-order valence-corrected chi connectivity index (χ2v) is 5.27. The smallest absolute Gasteiger partial charge is 0.414 e. The van der Waals surface area contributed by atoms with Gasteiger partial charge in [0.05, 0.1) is 10.6 Å². The van der Waals surface area contributed by atoms with Crippen LogP contribution in [-0.4, -0.2) is 25.0 Å². The van der Waals surface area contributed by atoms with Crippen LogP contribution in [0.3, 0.4) is 0 Å². The van der Waals surface area contributed by atoms with Crippen LogP contribution < -0.4 is 4.90 Å². The number of rotatable bonds is 2. The molecule has 5 heteroatoms. The molecule has 0 unspecified atom stereocenters. The molecule has 1 aromatic heterocycles. The van der Waals surface area contributed by atoms with Crippen molar-refractivity contribution in [2.75, 3.05) is 11.9 Å². The van der Waals surface area contributed by atoms with Crippen LogP contribution in [0, 0.1) is 0 Å². The highest BCUT2D eigenvalue weighted by atomic mass is 32.1. The van der Waals surface area contributed by atoms with Gasteiger partial charge in [0.2, 0.25) is 0 Å². The Morgan fingerprint density at radius 1 is 1.50 bits per heavy atom. The van der Waals surface area contributed by atoms with E-state index in [1.165, 1.54) is 16.2 Å². The highest BCUT2D eigenvalue weighted by Gasteiger charge is 2.22. The zero-order valence-corrected chi connectivity index (χ0v) is 10.6. The molecule has 0 aliphatic heterocycles. The number of thiophene rings is 1. The minimum Gasteiger partial charge on any atom is -0.443 e. The Balaban J connectivity index is 2.82. The van der Waals surface area contributed by atoms with Gasteiger partial charge in [-0.2, -0.15) is 0 Å². The van der Waals surface area contributed by atoms with Crippen LogP contribution in [0.5, 0.6) is 0 Å². The van der Waals surface area contributed by atoms with Crippen LogP contribution in [0.25, 0.3) is 0 Å². The molecule has 1 rings (SSSR count). The minimum atomic E-state index is -0.539. The molecule has 0 aliphatic rings. The molecule has 1 amide bonds. The van der Waals surface area contributed by atoms with E-state index < -0.39 is 11.7 Å². The molecule has 0 radical (unpaired) electrons. The summed E-state index contributed by atoms with van der Waals surface area (Å²) in [7, 11) is 1.59. The fraction of sp³-hybridized carbons (Fsp3) is 0.455. The maximum atomic E-state index is 11.7. The van der Waals surface area contributed by atoms with Crippen molar-refractivity contribution in [3.63, 3.8) is 0 Å². The van der Waals surface area contributed by atoms with Gasteiger partial charge in [-0.3, -0.25) is 9.69 Å². The summed E-state index contributed by atoms with van der Waals surface area (Å²) in [6.45, 7) is 5.40. The van der Waals surface area contributed by atoms with E-state index in [1.807, 2.05) is 0 Å². The number of amides is 1. The molecule has 16 heavy (non-hydrogen) atoms. The van der Waals surface area contributed by atoms with Crippen molar-refractivity contribution in [2.24, 2.45) is 0 Å². The van der Waals surface area contributed by atoms with Crippen molar-refractivity contribution in [3.8, 4) is 0 Å². The summed E-state index contributed by atoms with van der Waals surface area (Å²) in [5.74, 6) is 0. The highest BCUT2D eigenvalue weighted by Crippen LogP contribution is 2.24. The Bertz CT molecular complexity index is 392. The molecule has 4 nitrogen and oxygen atoms in total. The summed E-state index contributed by atoms with van der Waals surface area (Å²) in [5.41, 5.74) is 0.0390. The van der Waals surface area contributed by atoms with Gasteiger partial charge in [-0.05, 0) is 32.2 Å². The molecular weight excluding hydrogens is 226 g/mol. The second kappa shape index (κ2) is 4.65. The molecule has 0 aliphatic carbocycles. The molecular formula is C11H15NO3S. The number of hydrogen-bond acceptors (Lipinski definition) is 4. The number of carbonyl (C=O) groups is 2. The minimum absolute atomic E-state index is 0.464. The zero-order chi connectivity index (χ0) is 12.3. The van der Waals surface area contributed by atoms with E-state index in [-0.39, 0.29) is 0 Å². The van der Waals surface area contributed by atoms with Gasteiger partial charge in [0.1, 0.15) is 5.60 Å². The Hall–Kier alpha value is -1.36. The van der Waals surface area contributed by atoms with Crippen molar-refractivity contribution in [1.29, 1.82) is 0 Å². The Kier molecular flexibility index (Phi) is 3.70. The van der Waals surface area contributed by atoms with Crippen molar-refractivity contribution < 1.29 is 14.3 Å². The van der Waals surface area contributed by atoms with Gasteiger partial charge in [0, 0.05) is 7.05 Å². The van der Waals surface area contributed by atoms with Crippen molar-refractivity contribution >= 4 is 29.4 Å². The monoisotopic (exact) mass is 241 g/mol. The molecule has 88 valence electrons. The molecule has 1 aromatic rings. The van der Waals surface area contributed by atoms with Crippen LogP contribution >= 0.6 is 11.3 Å². The average molecular weight is 241 g/mol. The standard InChI is InChI=1S/C11H15NO3S/c1-11(2,3)15-10(14)12(4)8-5-6-16-9(8)7-13/h5-7H,1-4H3. The second-order valence-electron chi connectivity index (χ2n) is 4.33. The topological polar surface area (TPSA) is 46.6 Å². The van der Waals surface area contributed by atoms with Crippen LogP contribution in [0.15, 0.2) is 11.4 Å². The molecule has 0 saturated heterocycles. The zero-order valence-electron chi connectivity index (χ0n) is 9.81. The van der Waals surface area contributed by atoms with E-state index in [1.54, 1.807) is 39.3 Å². The van der Waals surface area contributed by atoms with Crippen molar-refractivity contribution in [1.82, 2.24) is 0 Å². The lowest BCUT2D eigenvalue weighted by atomic mass is 10.2. The lowest BCUT2D eigenvalue weighted by Gasteiger charge is -2.24. The molecule has 0 spiro atoms. The van der Waals surface area contributed by atoms with Crippen LogP contribution in [0.2, 0.25) is 0 Å². The van der Waals surface area contributed by atoms with E-state index >= 15 is 0 Å². The van der Waals surface area contributed by atoms with Gasteiger partial charge in [-0.25, -0.2) is 4.79 Å². The summed E-state index contributed by atoms with van der Waals surface area (Å²) < 4.78 is 5.20. The number of hydrogen-bond donors (Lipinski definition) is 0. The molecule has 0 aromatic carbocycles. The average Bonchev–Trinajstić information content (AvgIpc) is 2.61. The first-order valence-electron chi connectivity index (χ1n) is 4.84. The van der Waals surface area contributed by atoms with Gasteiger partial charge in [0.25, 0.3) is 0 Å². The van der Waals surface area contributed by atoms with Crippen molar-refractivity contribution in [3.05, 3.63) is 16.3 Å². The van der Waals surface area contributed by atoms with Crippen LogP contribution in [0.1, 0.15) is 30.4 Å². The van der Waals surface area contributed by atoms with Gasteiger partial charge in [-0.15, -0.1) is 11.3 Å². The third kappa shape index (κ3) is 3.06. The lowest BCUT2D eigenvalue weighted by Crippen LogP contribution is -2.34. The maximum absolute atomic E-state index is 11.7. The summed E-state index contributed by atoms with van der Waals surface area (Å²) in [6, 6.07) is 1.72. The third-order valence-corrected chi connectivity index (χ3v) is 2.64. The molecule has 1 heterocycles. The number of aldehydes is 1. The predicted molar refractivity (Wildman–Crippen MR) is 64.3 cm³/mol. The molecule has 0 atom stereocenters. The summed E-state index contributed by atoms with van der Waals surface area (Å²) in [6.07, 6.45) is 0.273. The summed E-state index contributed by atoms with van der Waals surface area (Å²) >= 11 is 1.30. The normalized spacial score (nSPS) is 11.0. The Morgan fingerprint density at radius 2 is 2.12 bits per heavy atom. The van der Waals surface area contributed by atoms with Gasteiger partial charge >= 0.3 is 6.09 Å². The summed E-state index contributed by atoms with van der Waals surface area (Å²) in [5, 5.41) is 1.76. The quantitative estimate of drug-likeness (QED) is 0.748. The van der Waals surface area contributed by atoms with E-state index in [0.717, 1.165) is 6.29 Å². The summed E-state index contributed by atoms with van der Waals surface area (Å²) in [4.78, 5) is 24.3. The number of anilines is 1. The maximum Gasteiger partial charge on any atom is 0.414 e. The van der Waals surface area contributed by atoms with E-state index in [9.17, 15) is 9.59 Å². The van der Waals surface area contributed by atoms with Gasteiger partial charge < -0.3 is 4.74 Å². The van der Waals surface area contributed by atoms with E-state index in [0.29, 0.717) is 10.6 Å². The van der Waals surface area contributed by atoms with Crippen molar-refractivity contribution in [2.45, 2.75) is 26.4 Å². The first-order chi connectivity index (χ1) is 7.35. The molecule has 0 fully saturated rings.